The third-order valence-corrected chi connectivity index (χ3v) is 3.90. The van der Waals surface area contributed by atoms with Crippen LogP contribution < -0.4 is 10.6 Å². The molecule has 0 bridgehead atoms. The van der Waals surface area contributed by atoms with Crippen molar-refractivity contribution in [3.63, 3.8) is 0 Å². The van der Waals surface area contributed by atoms with E-state index in [4.69, 9.17) is 0 Å². The number of benzene rings is 1. The number of nitrogens with one attached hydrogen (secondary N) is 2. The van der Waals surface area contributed by atoms with Gasteiger partial charge in [-0.1, -0.05) is 12.1 Å². The van der Waals surface area contributed by atoms with E-state index in [1.165, 1.54) is 19.2 Å². The minimum atomic E-state index is -1.34. The fourth-order valence-corrected chi connectivity index (χ4v) is 2.68. The van der Waals surface area contributed by atoms with Crippen LogP contribution in [0.3, 0.4) is 0 Å². The predicted molar refractivity (Wildman–Crippen MR) is 73.8 cm³/mol. The molecule has 20 heavy (non-hydrogen) atoms. The van der Waals surface area contributed by atoms with E-state index in [-0.39, 0.29) is 18.1 Å². The lowest BCUT2D eigenvalue weighted by Crippen LogP contribution is -2.41. The van der Waals surface area contributed by atoms with Gasteiger partial charge in [-0.05, 0) is 50.0 Å². The molecule has 2 rings (SSSR count). The van der Waals surface area contributed by atoms with Crippen LogP contribution in [0.5, 0.6) is 0 Å². The summed E-state index contributed by atoms with van der Waals surface area (Å²) in [6, 6.07) is 5.72. The summed E-state index contributed by atoms with van der Waals surface area (Å²) in [5, 5.41) is 5.68. The van der Waals surface area contributed by atoms with Gasteiger partial charge in [-0.2, -0.15) is 0 Å². The maximum atomic E-state index is 14.8. The van der Waals surface area contributed by atoms with Crippen LogP contribution in [0.1, 0.15) is 30.7 Å². The average molecular weight is 282 g/mol. The molecule has 1 heterocycles. The molecule has 1 unspecified atom stereocenters. The highest BCUT2D eigenvalue weighted by molar-refractivity contribution is 5.83. The number of carbonyl (C=O) groups is 1. The van der Waals surface area contributed by atoms with Crippen molar-refractivity contribution < 1.29 is 13.6 Å². The van der Waals surface area contributed by atoms with E-state index in [9.17, 15) is 13.6 Å². The highest BCUT2D eigenvalue weighted by Crippen LogP contribution is 2.35. The summed E-state index contributed by atoms with van der Waals surface area (Å²) in [7, 11) is 1.53. The van der Waals surface area contributed by atoms with Crippen molar-refractivity contribution >= 4 is 5.91 Å². The summed E-state index contributed by atoms with van der Waals surface area (Å²) in [5.74, 6) is -1.17. The molecule has 3 nitrogen and oxygen atoms in total. The molecule has 1 aliphatic rings. The molecule has 1 aromatic carbocycles. The Kier molecular flexibility index (Phi) is 4.70. The number of hydrogen-bond acceptors (Lipinski definition) is 2. The van der Waals surface area contributed by atoms with E-state index >= 15 is 0 Å². The van der Waals surface area contributed by atoms with E-state index in [1.54, 1.807) is 12.1 Å². The first-order chi connectivity index (χ1) is 9.54. The highest BCUT2D eigenvalue weighted by Gasteiger charge is 2.37. The van der Waals surface area contributed by atoms with Gasteiger partial charge >= 0.3 is 0 Å². The van der Waals surface area contributed by atoms with Gasteiger partial charge in [-0.25, -0.2) is 8.78 Å². The number of hydrogen-bond donors (Lipinski definition) is 2. The number of likely N-dealkylation sites (N-methyl/N-ethyl adjacent to an activating group) is 1. The van der Waals surface area contributed by atoms with Crippen LogP contribution in [0.4, 0.5) is 8.78 Å². The van der Waals surface area contributed by atoms with Crippen molar-refractivity contribution in [2.45, 2.75) is 30.8 Å². The number of rotatable bonds is 4. The third-order valence-electron chi connectivity index (χ3n) is 3.90. The van der Waals surface area contributed by atoms with Gasteiger partial charge in [0.2, 0.25) is 5.91 Å². The normalized spacial score (nSPS) is 19.4. The van der Waals surface area contributed by atoms with Crippen molar-refractivity contribution in [2.75, 3.05) is 20.1 Å². The number of halogens is 2. The lowest BCUT2D eigenvalue weighted by atomic mass is 9.81. The minimum Gasteiger partial charge on any atom is -0.359 e. The standard InChI is InChI=1S/C15H20F2N2O/c1-18-14(20)13(11-2-4-12(16)5-3-11)10-15(17)6-8-19-9-7-15/h2-5,13,19H,6-10H2,1H3,(H,18,20). The second-order valence-electron chi connectivity index (χ2n) is 5.32. The Hall–Kier alpha value is -1.49. The summed E-state index contributed by atoms with van der Waals surface area (Å²) in [6.45, 7) is 1.25. The van der Waals surface area contributed by atoms with Gasteiger partial charge in [0.25, 0.3) is 0 Å². The minimum absolute atomic E-state index is 0.139. The molecule has 0 spiro atoms. The summed E-state index contributed by atoms with van der Waals surface area (Å²) < 4.78 is 27.8. The molecular weight excluding hydrogens is 262 g/mol. The number of alkyl halides is 1. The Morgan fingerprint density at radius 1 is 1.35 bits per heavy atom. The lowest BCUT2D eigenvalue weighted by molar-refractivity contribution is -0.123. The van der Waals surface area contributed by atoms with Gasteiger partial charge in [0.1, 0.15) is 11.5 Å². The fraction of sp³-hybridized carbons (Fsp3) is 0.533. The summed E-state index contributed by atoms with van der Waals surface area (Å²) in [4.78, 5) is 12.0. The molecule has 1 aliphatic heterocycles. The van der Waals surface area contributed by atoms with E-state index in [0.717, 1.165) is 0 Å². The zero-order valence-corrected chi connectivity index (χ0v) is 11.6. The molecule has 0 aliphatic carbocycles. The number of carbonyl (C=O) groups excluding carboxylic acids is 1. The van der Waals surface area contributed by atoms with Gasteiger partial charge in [0.05, 0.1) is 5.92 Å². The van der Waals surface area contributed by atoms with Crippen LogP contribution >= 0.6 is 0 Å². The van der Waals surface area contributed by atoms with E-state index in [1.807, 2.05) is 0 Å². The molecule has 5 heteroatoms. The fourth-order valence-electron chi connectivity index (χ4n) is 2.68. The van der Waals surface area contributed by atoms with Crippen molar-refractivity contribution in [3.05, 3.63) is 35.6 Å². The Bertz CT molecular complexity index is 455. The summed E-state index contributed by atoms with van der Waals surface area (Å²) >= 11 is 0. The van der Waals surface area contributed by atoms with Crippen LogP contribution in [0.2, 0.25) is 0 Å². The first-order valence-corrected chi connectivity index (χ1v) is 6.91. The van der Waals surface area contributed by atoms with Crippen molar-refractivity contribution in [2.24, 2.45) is 0 Å². The second-order valence-corrected chi connectivity index (χ2v) is 5.32. The number of amides is 1. The first kappa shape index (κ1) is 14.9. The molecule has 1 saturated heterocycles. The molecule has 0 aromatic heterocycles. The van der Waals surface area contributed by atoms with Crippen LogP contribution in [-0.4, -0.2) is 31.7 Å². The van der Waals surface area contributed by atoms with Crippen LogP contribution in [0, 0.1) is 5.82 Å². The van der Waals surface area contributed by atoms with Crippen molar-refractivity contribution in [1.82, 2.24) is 10.6 Å². The third kappa shape index (κ3) is 3.54. The molecule has 1 aromatic rings. The lowest BCUT2D eigenvalue weighted by Gasteiger charge is -2.33. The molecule has 1 atom stereocenters. The second kappa shape index (κ2) is 6.31. The molecule has 0 radical (unpaired) electrons. The molecule has 110 valence electrons. The van der Waals surface area contributed by atoms with E-state index < -0.39 is 11.6 Å². The Labute approximate surface area is 117 Å². The van der Waals surface area contributed by atoms with Gasteiger partial charge in [-0.3, -0.25) is 4.79 Å². The molecule has 1 amide bonds. The Balaban J connectivity index is 2.19. The maximum Gasteiger partial charge on any atom is 0.227 e. The van der Waals surface area contributed by atoms with E-state index in [0.29, 0.717) is 31.5 Å². The molecular formula is C15H20F2N2O. The SMILES string of the molecule is CNC(=O)C(CC1(F)CCNCC1)c1ccc(F)cc1. The average Bonchev–Trinajstić information content (AvgIpc) is 2.46. The van der Waals surface area contributed by atoms with Crippen LogP contribution in [0.15, 0.2) is 24.3 Å². The topological polar surface area (TPSA) is 41.1 Å². The van der Waals surface area contributed by atoms with E-state index in [2.05, 4.69) is 10.6 Å². The zero-order chi connectivity index (χ0) is 14.6. The smallest absolute Gasteiger partial charge is 0.227 e. The first-order valence-electron chi connectivity index (χ1n) is 6.91. The monoisotopic (exact) mass is 282 g/mol. The van der Waals surface area contributed by atoms with Gasteiger partial charge < -0.3 is 10.6 Å². The van der Waals surface area contributed by atoms with Crippen molar-refractivity contribution in [3.8, 4) is 0 Å². The van der Waals surface area contributed by atoms with Gasteiger partial charge in [0, 0.05) is 7.05 Å². The quantitative estimate of drug-likeness (QED) is 0.888. The van der Waals surface area contributed by atoms with Crippen LogP contribution in [-0.2, 0) is 4.79 Å². The summed E-state index contributed by atoms with van der Waals surface area (Å²) in [5.41, 5.74) is -0.683. The van der Waals surface area contributed by atoms with Crippen LogP contribution in [0.25, 0.3) is 0 Å². The molecule has 0 saturated carbocycles. The molecule has 1 fully saturated rings. The maximum absolute atomic E-state index is 14.8. The van der Waals surface area contributed by atoms with Gasteiger partial charge in [0.15, 0.2) is 0 Å². The highest BCUT2D eigenvalue weighted by atomic mass is 19.1. The predicted octanol–water partition coefficient (Wildman–Crippen LogP) is 2.14. The van der Waals surface area contributed by atoms with Gasteiger partial charge in [-0.15, -0.1) is 0 Å². The largest absolute Gasteiger partial charge is 0.359 e. The Morgan fingerprint density at radius 3 is 2.50 bits per heavy atom. The Morgan fingerprint density at radius 2 is 1.95 bits per heavy atom. The van der Waals surface area contributed by atoms with Crippen molar-refractivity contribution in [1.29, 1.82) is 0 Å². The zero-order valence-electron chi connectivity index (χ0n) is 11.6. The number of piperidine rings is 1. The molecule has 2 N–H and O–H groups in total. The summed E-state index contributed by atoms with van der Waals surface area (Å²) in [6.07, 6.45) is 0.948.